The van der Waals surface area contributed by atoms with Crippen molar-refractivity contribution in [3.63, 3.8) is 0 Å². The number of halogens is 1. The first-order valence-electron chi connectivity index (χ1n) is 9.94. The molecular weight excluding hydrogens is 397 g/mol. The Morgan fingerprint density at radius 1 is 0.867 bits per heavy atom. The highest BCUT2D eigenvalue weighted by Crippen LogP contribution is 2.32. The van der Waals surface area contributed by atoms with E-state index in [1.54, 1.807) is 12.1 Å². The molecule has 6 heteroatoms. The zero-order valence-electron chi connectivity index (χ0n) is 16.3. The van der Waals surface area contributed by atoms with E-state index in [4.69, 9.17) is 0 Å². The minimum atomic E-state index is -0.200. The summed E-state index contributed by atoms with van der Waals surface area (Å²) in [6, 6.07) is 21.1. The van der Waals surface area contributed by atoms with Crippen molar-refractivity contribution in [2.24, 2.45) is 4.99 Å². The highest BCUT2D eigenvalue weighted by molar-refractivity contribution is 8.18. The molecule has 0 radical (unpaired) electrons. The summed E-state index contributed by atoms with van der Waals surface area (Å²) in [5.41, 5.74) is 1.65. The van der Waals surface area contributed by atoms with Crippen LogP contribution in [0.5, 0.6) is 0 Å². The van der Waals surface area contributed by atoms with Crippen LogP contribution in [0.4, 0.5) is 10.1 Å². The van der Waals surface area contributed by atoms with E-state index in [-0.39, 0.29) is 11.7 Å². The number of thioether (sulfide) groups is 1. The van der Waals surface area contributed by atoms with Crippen LogP contribution >= 0.6 is 11.8 Å². The topological polar surface area (TPSA) is 35.9 Å². The fourth-order valence-electron chi connectivity index (χ4n) is 3.90. The van der Waals surface area contributed by atoms with Crippen molar-refractivity contribution in [1.82, 2.24) is 4.90 Å². The second-order valence-electron chi connectivity index (χ2n) is 7.30. The van der Waals surface area contributed by atoms with Gasteiger partial charge in [-0.05, 0) is 46.3 Å². The molecule has 0 aliphatic carbocycles. The summed E-state index contributed by atoms with van der Waals surface area (Å²) in [5.74, 6) is -0.395. The number of anilines is 1. The van der Waals surface area contributed by atoms with E-state index < -0.39 is 0 Å². The Balaban J connectivity index is 1.30. The molecule has 1 saturated heterocycles. The van der Waals surface area contributed by atoms with Crippen molar-refractivity contribution in [3.05, 3.63) is 83.0 Å². The molecule has 0 bridgehead atoms. The number of hydrogen-bond acceptors (Lipinski definition) is 4. The number of hydrogen-bond donors (Lipinski definition) is 0. The van der Waals surface area contributed by atoms with Crippen molar-refractivity contribution in [2.75, 3.05) is 31.1 Å². The normalized spacial score (nSPS) is 18.4. The summed E-state index contributed by atoms with van der Waals surface area (Å²) in [4.78, 5) is 21.6. The van der Waals surface area contributed by atoms with Gasteiger partial charge in [-0.3, -0.25) is 4.79 Å². The fraction of sp³-hybridized carbons (Fsp3) is 0.167. The van der Waals surface area contributed by atoms with Gasteiger partial charge in [-0.1, -0.05) is 54.6 Å². The second kappa shape index (κ2) is 7.95. The Hall–Kier alpha value is -3.12. The predicted molar refractivity (Wildman–Crippen MR) is 122 cm³/mol. The molecular formula is C24H20FN3OS. The molecule has 3 aromatic carbocycles. The third-order valence-corrected chi connectivity index (χ3v) is 6.51. The van der Waals surface area contributed by atoms with Gasteiger partial charge in [-0.15, -0.1) is 0 Å². The summed E-state index contributed by atoms with van der Waals surface area (Å²) in [6.45, 7) is 2.79. The van der Waals surface area contributed by atoms with Gasteiger partial charge >= 0.3 is 0 Å². The summed E-state index contributed by atoms with van der Waals surface area (Å²) in [6.07, 6.45) is 1.93. The van der Waals surface area contributed by atoms with E-state index in [0.717, 1.165) is 21.5 Å². The van der Waals surface area contributed by atoms with E-state index >= 15 is 0 Å². The van der Waals surface area contributed by atoms with Gasteiger partial charge in [0.05, 0.1) is 10.6 Å². The maximum Gasteiger partial charge on any atom is 0.286 e. The lowest BCUT2D eigenvalue weighted by atomic mass is 10.0. The molecule has 0 unspecified atom stereocenters. The van der Waals surface area contributed by atoms with Gasteiger partial charge in [0.2, 0.25) is 0 Å². The van der Waals surface area contributed by atoms with Crippen molar-refractivity contribution in [1.29, 1.82) is 0 Å². The first kappa shape index (κ1) is 18.9. The van der Waals surface area contributed by atoms with Crippen LogP contribution < -0.4 is 4.90 Å². The summed E-state index contributed by atoms with van der Waals surface area (Å²) >= 11 is 1.42. The van der Waals surface area contributed by atoms with E-state index in [1.807, 2.05) is 41.3 Å². The lowest BCUT2D eigenvalue weighted by Gasteiger charge is -2.36. The highest BCUT2D eigenvalue weighted by atomic mass is 32.2. The quantitative estimate of drug-likeness (QED) is 0.563. The van der Waals surface area contributed by atoms with Crippen LogP contribution in [0.25, 0.3) is 16.8 Å². The van der Waals surface area contributed by atoms with E-state index in [2.05, 4.69) is 28.1 Å². The standard InChI is InChI=1S/C24H20FN3OS/c25-20-10-3-4-11-21(20)27-12-14-28(15-13-27)24-26-23(29)22(30-24)16-18-8-5-7-17-6-1-2-9-19(17)18/h1-11,16H,12-15H2. The number of benzene rings is 3. The zero-order chi connectivity index (χ0) is 20.5. The number of amides is 1. The van der Waals surface area contributed by atoms with Crippen LogP contribution in [0.1, 0.15) is 5.56 Å². The molecule has 0 saturated carbocycles. The minimum Gasteiger partial charge on any atom is -0.366 e. The van der Waals surface area contributed by atoms with Crippen LogP contribution in [0.15, 0.2) is 76.6 Å². The van der Waals surface area contributed by atoms with Crippen LogP contribution in [0.3, 0.4) is 0 Å². The molecule has 0 atom stereocenters. The third-order valence-electron chi connectivity index (χ3n) is 5.46. The fourth-order valence-corrected chi connectivity index (χ4v) is 4.85. The molecule has 3 aromatic rings. The molecule has 30 heavy (non-hydrogen) atoms. The molecule has 1 amide bonds. The maximum atomic E-state index is 14.1. The molecule has 5 rings (SSSR count). The number of rotatable bonds is 2. The Morgan fingerprint density at radius 3 is 2.40 bits per heavy atom. The van der Waals surface area contributed by atoms with Gasteiger partial charge < -0.3 is 9.80 Å². The first-order valence-corrected chi connectivity index (χ1v) is 10.8. The average molecular weight is 418 g/mol. The molecule has 2 aliphatic rings. The molecule has 0 N–H and O–H groups in total. The predicted octanol–water partition coefficient (Wildman–Crippen LogP) is 4.77. The largest absolute Gasteiger partial charge is 0.366 e. The van der Waals surface area contributed by atoms with Crippen molar-refractivity contribution < 1.29 is 9.18 Å². The summed E-state index contributed by atoms with van der Waals surface area (Å²) < 4.78 is 14.1. The molecule has 1 fully saturated rings. The first-order chi connectivity index (χ1) is 14.7. The number of carbonyl (C=O) groups is 1. The van der Waals surface area contributed by atoms with E-state index in [1.165, 1.54) is 17.8 Å². The van der Waals surface area contributed by atoms with Gasteiger partial charge in [0.1, 0.15) is 5.82 Å². The van der Waals surface area contributed by atoms with E-state index in [0.29, 0.717) is 36.8 Å². The summed E-state index contributed by atoms with van der Waals surface area (Å²) in [7, 11) is 0. The lowest BCUT2D eigenvalue weighted by molar-refractivity contribution is -0.113. The maximum absolute atomic E-state index is 14.1. The Bertz CT molecular complexity index is 1180. The SMILES string of the molecule is O=C1N=C(N2CCN(c3ccccc3F)CC2)SC1=Cc1cccc2ccccc12. The molecule has 2 heterocycles. The van der Waals surface area contributed by atoms with Gasteiger partial charge in [0.25, 0.3) is 5.91 Å². The zero-order valence-corrected chi connectivity index (χ0v) is 17.1. The number of fused-ring (bicyclic) bond motifs is 1. The van der Waals surface area contributed by atoms with Gasteiger partial charge in [0.15, 0.2) is 5.17 Å². The van der Waals surface area contributed by atoms with Crippen LogP contribution in [0.2, 0.25) is 0 Å². The van der Waals surface area contributed by atoms with Crippen molar-refractivity contribution in [3.8, 4) is 0 Å². The second-order valence-corrected chi connectivity index (χ2v) is 8.31. The van der Waals surface area contributed by atoms with Gasteiger partial charge in [0, 0.05) is 26.2 Å². The monoisotopic (exact) mass is 417 g/mol. The lowest BCUT2D eigenvalue weighted by Crippen LogP contribution is -2.48. The van der Waals surface area contributed by atoms with Crippen LogP contribution in [-0.2, 0) is 4.79 Å². The summed E-state index contributed by atoms with van der Waals surface area (Å²) in [5, 5.41) is 3.00. The number of para-hydroxylation sites is 1. The molecule has 2 aliphatic heterocycles. The number of amidine groups is 1. The van der Waals surface area contributed by atoms with Crippen LogP contribution in [-0.4, -0.2) is 42.2 Å². The number of nitrogens with zero attached hydrogens (tertiary/aromatic N) is 3. The Kier molecular flexibility index (Phi) is 5.01. The molecule has 0 spiro atoms. The minimum absolute atomic E-state index is 0.195. The average Bonchev–Trinajstić information content (AvgIpc) is 3.15. The van der Waals surface area contributed by atoms with Crippen LogP contribution in [0, 0.1) is 5.82 Å². The molecule has 150 valence electrons. The molecule has 0 aromatic heterocycles. The number of aliphatic imine (C=N–C) groups is 1. The molecule has 4 nitrogen and oxygen atoms in total. The number of piperazine rings is 1. The van der Waals surface area contributed by atoms with Gasteiger partial charge in [-0.2, -0.15) is 4.99 Å². The van der Waals surface area contributed by atoms with Gasteiger partial charge in [-0.25, -0.2) is 4.39 Å². The Morgan fingerprint density at radius 2 is 1.57 bits per heavy atom. The van der Waals surface area contributed by atoms with E-state index in [9.17, 15) is 9.18 Å². The smallest absolute Gasteiger partial charge is 0.286 e. The third kappa shape index (κ3) is 3.59. The highest BCUT2D eigenvalue weighted by Gasteiger charge is 2.29. The van der Waals surface area contributed by atoms with Crippen molar-refractivity contribution in [2.45, 2.75) is 0 Å². The van der Waals surface area contributed by atoms with Crippen molar-refractivity contribution >= 4 is 45.4 Å². The Labute approximate surface area is 178 Å². The number of carbonyl (C=O) groups excluding carboxylic acids is 1.